The number of nitrogens with one attached hydrogen (secondary N) is 2. The van der Waals surface area contributed by atoms with Crippen molar-refractivity contribution < 1.29 is 9.59 Å². The summed E-state index contributed by atoms with van der Waals surface area (Å²) in [4.78, 5) is 27.4. The molecule has 0 atom stereocenters. The second kappa shape index (κ2) is 8.21. The molecule has 0 radical (unpaired) electrons. The lowest BCUT2D eigenvalue weighted by Gasteiger charge is -1.97. The number of amides is 2. The summed E-state index contributed by atoms with van der Waals surface area (Å²) >= 11 is 0. The summed E-state index contributed by atoms with van der Waals surface area (Å²) in [6.45, 7) is 0. The maximum absolute atomic E-state index is 9.93. The quantitative estimate of drug-likeness (QED) is 0.747. The van der Waals surface area contributed by atoms with Crippen LogP contribution in [0.2, 0.25) is 0 Å². The Morgan fingerprint density at radius 1 is 0.929 bits per heavy atom. The van der Waals surface area contributed by atoms with Crippen molar-refractivity contribution in [1.29, 1.82) is 0 Å². The molecule has 1 heterocycles. The number of carbonyl (C=O) groups is 2. The summed E-state index contributed by atoms with van der Waals surface area (Å²) in [5.74, 6) is 0.669. The maximum Gasteiger partial charge on any atom is 0.212 e. The van der Waals surface area contributed by atoms with Crippen molar-refractivity contribution in [3.8, 4) is 0 Å². The summed E-state index contributed by atoms with van der Waals surface area (Å²) in [7, 11) is 0. The van der Waals surface area contributed by atoms with Gasteiger partial charge < -0.3 is 10.6 Å². The van der Waals surface area contributed by atoms with E-state index in [9.17, 15) is 9.59 Å². The average molecular weight is 239 g/mol. The third-order valence-electron chi connectivity index (χ3n) is 1.07. The highest BCUT2D eigenvalue weighted by molar-refractivity contribution is 5.85. The van der Waals surface area contributed by atoms with Crippen molar-refractivity contribution >= 4 is 49.3 Å². The van der Waals surface area contributed by atoms with Crippen LogP contribution in [0.1, 0.15) is 0 Å². The number of halogens is 2. The molecule has 0 unspecified atom stereocenters. The van der Waals surface area contributed by atoms with E-state index in [0.29, 0.717) is 24.5 Å². The Balaban J connectivity index is 0. The summed E-state index contributed by atoms with van der Waals surface area (Å²) in [5, 5.41) is 4.61. The number of nitrogens with zero attached hydrogens (tertiary/aromatic N) is 2. The molecule has 78 valence electrons. The highest BCUT2D eigenvalue weighted by Gasteiger charge is 1.93. The minimum absolute atomic E-state index is 0. The molecule has 0 aliphatic heterocycles. The molecule has 1 rings (SSSR count). The Labute approximate surface area is 92.3 Å². The highest BCUT2D eigenvalue weighted by Crippen LogP contribution is 2.02. The number of hydrogen-bond acceptors (Lipinski definition) is 4. The number of hydrogen-bond donors (Lipinski definition) is 2. The molecule has 0 aliphatic rings. The molecular formula is C6H8Cl2N4O2. The third kappa shape index (κ3) is 4.58. The Hall–Kier alpha value is -1.40. The Kier molecular flexibility index (Phi) is 8.85. The SMILES string of the molecule is Cl.Cl.O=CNc1cnc(NC=O)cn1. The van der Waals surface area contributed by atoms with Gasteiger partial charge in [0.1, 0.15) is 0 Å². The molecule has 0 saturated carbocycles. The zero-order valence-electron chi connectivity index (χ0n) is 6.84. The van der Waals surface area contributed by atoms with Gasteiger partial charge in [-0.05, 0) is 0 Å². The van der Waals surface area contributed by atoms with E-state index in [1.54, 1.807) is 0 Å². The van der Waals surface area contributed by atoms with E-state index in [1.165, 1.54) is 12.4 Å². The molecule has 14 heavy (non-hydrogen) atoms. The topological polar surface area (TPSA) is 84.0 Å². The first-order valence-corrected chi connectivity index (χ1v) is 3.09. The second-order valence-corrected chi connectivity index (χ2v) is 1.81. The number of rotatable bonds is 4. The maximum atomic E-state index is 9.93. The van der Waals surface area contributed by atoms with Crippen LogP contribution in [0.15, 0.2) is 12.4 Å². The van der Waals surface area contributed by atoms with E-state index in [4.69, 9.17) is 0 Å². The summed E-state index contributed by atoms with van der Waals surface area (Å²) in [6, 6.07) is 0. The largest absolute Gasteiger partial charge is 0.312 e. The standard InChI is InChI=1S/C6H6N4O2.2ClH/c11-3-9-5-1-7-6(2-8-5)10-4-12;;/h1-4H,(H,7,10,12)(H,8,9,11);2*1H. The average Bonchev–Trinajstić information content (AvgIpc) is 2.09. The molecule has 0 fully saturated rings. The van der Waals surface area contributed by atoms with Crippen LogP contribution in [0.4, 0.5) is 11.6 Å². The van der Waals surface area contributed by atoms with Gasteiger partial charge in [0.2, 0.25) is 12.8 Å². The fourth-order valence-corrected chi connectivity index (χ4v) is 0.598. The van der Waals surface area contributed by atoms with Gasteiger partial charge in [-0.25, -0.2) is 9.97 Å². The molecule has 0 saturated heterocycles. The third-order valence-corrected chi connectivity index (χ3v) is 1.07. The van der Waals surface area contributed by atoms with Crippen molar-refractivity contribution in [2.75, 3.05) is 10.6 Å². The summed E-state index contributed by atoms with van der Waals surface area (Å²) in [6.07, 6.45) is 3.66. The second-order valence-electron chi connectivity index (χ2n) is 1.81. The van der Waals surface area contributed by atoms with Crippen LogP contribution in [-0.4, -0.2) is 22.8 Å². The summed E-state index contributed by atoms with van der Waals surface area (Å²) in [5.41, 5.74) is 0. The fourth-order valence-electron chi connectivity index (χ4n) is 0.598. The predicted octanol–water partition coefficient (Wildman–Crippen LogP) is 0.457. The highest BCUT2D eigenvalue weighted by atomic mass is 35.5. The minimum Gasteiger partial charge on any atom is -0.312 e. The van der Waals surface area contributed by atoms with Gasteiger partial charge in [-0.1, -0.05) is 0 Å². The van der Waals surface area contributed by atoms with Crippen LogP contribution >= 0.6 is 24.8 Å². The van der Waals surface area contributed by atoms with E-state index in [0.717, 1.165) is 0 Å². The fraction of sp³-hybridized carbons (Fsp3) is 0. The molecule has 1 aromatic heterocycles. The first-order chi connectivity index (χ1) is 5.86. The predicted molar refractivity (Wildman–Crippen MR) is 55.9 cm³/mol. The molecule has 0 bridgehead atoms. The van der Waals surface area contributed by atoms with Crippen LogP contribution in [0, 0.1) is 0 Å². The smallest absolute Gasteiger partial charge is 0.212 e. The van der Waals surface area contributed by atoms with Crippen LogP contribution in [-0.2, 0) is 9.59 Å². The lowest BCUT2D eigenvalue weighted by molar-refractivity contribution is -0.106. The van der Waals surface area contributed by atoms with Gasteiger partial charge in [-0.2, -0.15) is 0 Å². The van der Waals surface area contributed by atoms with E-state index >= 15 is 0 Å². The monoisotopic (exact) mass is 238 g/mol. The molecular weight excluding hydrogens is 231 g/mol. The minimum atomic E-state index is 0. The van der Waals surface area contributed by atoms with Crippen molar-refractivity contribution in [1.82, 2.24) is 9.97 Å². The van der Waals surface area contributed by atoms with E-state index in [-0.39, 0.29) is 24.8 Å². The van der Waals surface area contributed by atoms with Crippen LogP contribution in [0.3, 0.4) is 0 Å². The van der Waals surface area contributed by atoms with Gasteiger partial charge >= 0.3 is 0 Å². The van der Waals surface area contributed by atoms with Gasteiger partial charge in [-0.3, -0.25) is 9.59 Å². The van der Waals surface area contributed by atoms with E-state index in [2.05, 4.69) is 20.6 Å². The lowest BCUT2D eigenvalue weighted by Crippen LogP contribution is -2.01. The van der Waals surface area contributed by atoms with Crippen molar-refractivity contribution in [2.45, 2.75) is 0 Å². The lowest BCUT2D eigenvalue weighted by atomic mass is 10.6. The van der Waals surface area contributed by atoms with Crippen LogP contribution in [0.25, 0.3) is 0 Å². The van der Waals surface area contributed by atoms with Crippen molar-refractivity contribution in [2.24, 2.45) is 0 Å². The Bertz CT molecular complexity index is 251. The number of aromatic nitrogens is 2. The summed E-state index contributed by atoms with van der Waals surface area (Å²) < 4.78 is 0. The number of carbonyl (C=O) groups excluding carboxylic acids is 2. The molecule has 0 aromatic carbocycles. The number of anilines is 2. The normalized spacial score (nSPS) is 7.43. The molecule has 2 amide bonds. The zero-order valence-corrected chi connectivity index (χ0v) is 8.47. The Morgan fingerprint density at radius 2 is 1.29 bits per heavy atom. The van der Waals surface area contributed by atoms with Crippen molar-refractivity contribution in [3.63, 3.8) is 0 Å². The van der Waals surface area contributed by atoms with Crippen LogP contribution in [0.5, 0.6) is 0 Å². The molecule has 1 aromatic rings. The molecule has 6 nitrogen and oxygen atoms in total. The first-order valence-electron chi connectivity index (χ1n) is 3.09. The van der Waals surface area contributed by atoms with Gasteiger partial charge in [-0.15, -0.1) is 24.8 Å². The van der Waals surface area contributed by atoms with Crippen molar-refractivity contribution in [3.05, 3.63) is 12.4 Å². The van der Waals surface area contributed by atoms with E-state index in [1.807, 2.05) is 0 Å². The van der Waals surface area contributed by atoms with Gasteiger partial charge in [0.15, 0.2) is 11.6 Å². The molecule has 2 N–H and O–H groups in total. The van der Waals surface area contributed by atoms with E-state index < -0.39 is 0 Å². The molecule has 8 heteroatoms. The molecule has 0 spiro atoms. The van der Waals surface area contributed by atoms with Gasteiger partial charge in [0.25, 0.3) is 0 Å². The molecule has 0 aliphatic carbocycles. The zero-order chi connectivity index (χ0) is 8.81. The van der Waals surface area contributed by atoms with Gasteiger partial charge in [0, 0.05) is 0 Å². The van der Waals surface area contributed by atoms with Crippen LogP contribution < -0.4 is 10.6 Å². The van der Waals surface area contributed by atoms with Gasteiger partial charge in [0.05, 0.1) is 12.4 Å². The Morgan fingerprint density at radius 3 is 1.50 bits per heavy atom. The first kappa shape index (κ1) is 15.1.